The van der Waals surface area contributed by atoms with Gasteiger partial charge in [0, 0.05) is 43.1 Å². The average Bonchev–Trinajstić information content (AvgIpc) is 4.35. The van der Waals surface area contributed by atoms with Gasteiger partial charge in [0.1, 0.15) is 22.3 Å². The second-order valence-corrected chi connectivity index (χ2v) is 30.3. The van der Waals surface area contributed by atoms with Crippen molar-refractivity contribution in [1.82, 2.24) is 0 Å². The van der Waals surface area contributed by atoms with Crippen molar-refractivity contribution in [1.29, 1.82) is 0 Å². The predicted molar refractivity (Wildman–Crippen MR) is 320 cm³/mol. The van der Waals surface area contributed by atoms with Gasteiger partial charge in [0.25, 0.3) is 0 Å². The highest BCUT2D eigenvalue weighted by atomic mass is 32.1. The summed E-state index contributed by atoms with van der Waals surface area (Å²) in [4.78, 5) is 3.81. The fraction of sp³-hybridized carbons (Fsp3) is 0. The number of hydrogen-bond donors (Lipinski definition) is 0. The molecule has 0 aliphatic rings. The lowest BCUT2D eigenvalue weighted by molar-refractivity contribution is 0.677. The summed E-state index contributed by atoms with van der Waals surface area (Å²) in [7, 11) is -6.29. The van der Waals surface area contributed by atoms with Gasteiger partial charge in [0.2, 0.25) is 0 Å². The van der Waals surface area contributed by atoms with Crippen molar-refractivity contribution in [3.05, 3.63) is 228 Å². The molecule has 0 saturated carbocycles. The van der Waals surface area contributed by atoms with E-state index in [1.807, 2.05) is 0 Å². The van der Waals surface area contributed by atoms with Crippen molar-refractivity contribution >= 4 is 188 Å². The van der Waals surface area contributed by atoms with Crippen LogP contribution in [0.15, 0.2) is 245 Å². The number of rotatable bonds is 9. The van der Waals surface area contributed by atoms with Gasteiger partial charge in [-0.05, 0) is 123 Å². The maximum atomic E-state index is 6.46. The first-order chi connectivity index (χ1) is 36.6. The molecule has 4 nitrogen and oxygen atoms in total. The summed E-state index contributed by atoms with van der Waals surface area (Å²) < 4.78 is 25.8. The van der Waals surface area contributed by atoms with Crippen LogP contribution in [0.5, 0.6) is 0 Å². The molecule has 0 saturated heterocycles. The number of benzene rings is 8. The highest BCUT2D eigenvalue weighted by Gasteiger charge is 2.44. The molecule has 0 aliphatic carbocycles. The molecular weight excluding hydrogens is 1020 g/mol. The van der Waals surface area contributed by atoms with Gasteiger partial charge >= 0.3 is 0 Å². The first-order valence-electron chi connectivity index (χ1n) is 24.5. The lowest BCUT2D eigenvalue weighted by atomic mass is 10.1. The van der Waals surface area contributed by atoms with Crippen LogP contribution in [-0.4, -0.2) is 16.1 Å². The van der Waals surface area contributed by atoms with Crippen molar-refractivity contribution in [2.24, 2.45) is 0 Å². The summed E-state index contributed by atoms with van der Waals surface area (Å²) in [6, 6.07) is 78.1. The van der Waals surface area contributed by atoms with Gasteiger partial charge in [-0.25, -0.2) is 0 Å². The van der Waals surface area contributed by atoms with E-state index >= 15 is 0 Å². The van der Waals surface area contributed by atoms with E-state index in [0.29, 0.717) is 0 Å². The molecule has 8 aromatic carbocycles. The molecule has 0 bridgehead atoms. The molecule has 0 fully saturated rings. The third-order valence-corrected chi connectivity index (χ3v) is 28.1. The molecule has 0 radical (unpaired) electrons. The smallest absolute Gasteiger partial charge is 0.188 e. The Bertz CT molecular complexity index is 4310. The molecule has 0 amide bonds. The minimum absolute atomic E-state index is 0.909. The zero-order chi connectivity index (χ0) is 48.5. The highest BCUT2D eigenvalue weighted by Crippen LogP contribution is 2.37. The van der Waals surface area contributed by atoms with Crippen molar-refractivity contribution in [2.45, 2.75) is 0 Å². The highest BCUT2D eigenvalue weighted by molar-refractivity contribution is 7.21. The SMILES string of the molecule is c1ccc([Si](c2cccc(-c3cccc([Si](c4ccccc4)(c4ccc5oc6sccc6c5c4)c4ccc5oc6sccc6c5c4)c3)c2)(c2ccc3oc4sccc4c3c2)c2ccc3oc4sccc4c3c2)cc1. The summed E-state index contributed by atoms with van der Waals surface area (Å²) >= 11 is 6.60. The van der Waals surface area contributed by atoms with E-state index in [1.165, 1.54) is 41.5 Å². The van der Waals surface area contributed by atoms with E-state index in [2.05, 4.69) is 228 Å². The Kier molecular flexibility index (Phi) is 9.43. The van der Waals surface area contributed by atoms with E-state index in [4.69, 9.17) is 17.7 Å². The molecule has 74 heavy (non-hydrogen) atoms. The minimum atomic E-state index is -3.14. The molecular formula is C64H38O4S4Si2. The maximum Gasteiger partial charge on any atom is 0.188 e. The molecule has 0 N–H and O–H groups in total. The average molecular weight is 1060 g/mol. The van der Waals surface area contributed by atoms with Gasteiger partial charge < -0.3 is 17.7 Å². The monoisotopic (exact) mass is 1050 g/mol. The fourth-order valence-corrected chi connectivity index (χ4v) is 24.9. The van der Waals surface area contributed by atoms with Gasteiger partial charge in [-0.3, -0.25) is 0 Å². The molecule has 10 heteroatoms. The minimum Gasteiger partial charge on any atom is -0.445 e. The Balaban J connectivity index is 0.960. The number of furan rings is 4. The predicted octanol–water partition coefficient (Wildman–Crippen LogP) is 14.0. The summed E-state index contributed by atoms with van der Waals surface area (Å²) in [5, 5.41) is 28.1. The van der Waals surface area contributed by atoms with Crippen molar-refractivity contribution in [3.8, 4) is 11.1 Å². The lowest BCUT2D eigenvalue weighted by Gasteiger charge is -2.35. The summed E-state index contributed by atoms with van der Waals surface area (Å²) in [5.74, 6) is 0. The first kappa shape index (κ1) is 42.7. The number of hydrogen-bond acceptors (Lipinski definition) is 8. The van der Waals surface area contributed by atoms with Crippen LogP contribution >= 0.6 is 45.3 Å². The van der Waals surface area contributed by atoms with Gasteiger partial charge in [-0.15, -0.1) is 45.3 Å². The molecule has 0 atom stereocenters. The summed E-state index contributed by atoms with van der Waals surface area (Å²) in [6.45, 7) is 0. The van der Waals surface area contributed by atoms with Crippen molar-refractivity contribution in [2.75, 3.05) is 0 Å². The van der Waals surface area contributed by atoms with E-state index in [9.17, 15) is 0 Å². The normalized spacial score (nSPS) is 12.6. The molecule has 16 aromatic rings. The Morgan fingerprint density at radius 1 is 0.230 bits per heavy atom. The largest absolute Gasteiger partial charge is 0.445 e. The van der Waals surface area contributed by atoms with Gasteiger partial charge in [0.15, 0.2) is 35.7 Å². The van der Waals surface area contributed by atoms with Crippen LogP contribution in [0, 0.1) is 0 Å². The Morgan fingerprint density at radius 3 is 0.824 bits per heavy atom. The Morgan fingerprint density at radius 2 is 0.514 bits per heavy atom. The van der Waals surface area contributed by atoms with Crippen LogP contribution < -0.4 is 41.5 Å². The molecule has 8 heterocycles. The molecule has 350 valence electrons. The summed E-state index contributed by atoms with van der Waals surface area (Å²) in [6.07, 6.45) is 0. The summed E-state index contributed by atoms with van der Waals surface area (Å²) in [5.41, 5.74) is 5.97. The van der Waals surface area contributed by atoms with Crippen LogP contribution in [-0.2, 0) is 0 Å². The van der Waals surface area contributed by atoms with E-state index in [0.717, 1.165) is 96.1 Å². The van der Waals surface area contributed by atoms with Crippen LogP contribution in [0.1, 0.15) is 0 Å². The number of fused-ring (bicyclic) bond motifs is 12. The van der Waals surface area contributed by atoms with E-state index in [-0.39, 0.29) is 0 Å². The first-order valence-corrected chi connectivity index (χ1v) is 32.1. The van der Waals surface area contributed by atoms with Gasteiger partial charge in [0.05, 0.1) is 0 Å². The molecule has 0 unspecified atom stereocenters. The Hall–Kier alpha value is -7.81. The third kappa shape index (κ3) is 6.15. The zero-order valence-electron chi connectivity index (χ0n) is 39.2. The van der Waals surface area contributed by atoms with Crippen LogP contribution in [0.3, 0.4) is 0 Å². The van der Waals surface area contributed by atoms with Crippen molar-refractivity contribution in [3.63, 3.8) is 0 Å². The van der Waals surface area contributed by atoms with Gasteiger partial charge in [-0.1, -0.05) is 158 Å². The Labute approximate surface area is 441 Å². The molecule has 16 rings (SSSR count). The van der Waals surface area contributed by atoms with Crippen LogP contribution in [0.4, 0.5) is 0 Å². The lowest BCUT2D eigenvalue weighted by Crippen LogP contribution is -2.74. The van der Waals surface area contributed by atoms with Crippen LogP contribution in [0.25, 0.3) is 96.1 Å². The zero-order valence-corrected chi connectivity index (χ0v) is 44.5. The van der Waals surface area contributed by atoms with E-state index in [1.54, 1.807) is 45.3 Å². The second-order valence-electron chi connectivity index (χ2n) is 19.1. The standard InChI is InChI=1S/C64H38O4S4Si2/c1-3-11-41(12-4-1)73(45-17-21-57-53(35-45)49-25-29-69-61(49)65-57,46-18-22-58-54(36-46)50-26-30-70-62(50)66-58)43-15-7-9-39(33-43)40-10-8-16-44(34-40)74(42-13-5-2-6-14-42,47-19-23-59-55(37-47)51-27-31-71-63(51)67-59)48-20-24-60-56(38-48)52-28-32-72-64(52)68-60/h1-38H. The molecule has 0 spiro atoms. The molecule has 8 aromatic heterocycles. The molecule has 0 aliphatic heterocycles. The van der Waals surface area contributed by atoms with Gasteiger partial charge in [-0.2, -0.15) is 0 Å². The second kappa shape index (κ2) is 16.3. The maximum absolute atomic E-state index is 6.46. The van der Waals surface area contributed by atoms with Crippen LogP contribution in [0.2, 0.25) is 0 Å². The topological polar surface area (TPSA) is 52.6 Å². The van der Waals surface area contributed by atoms with Crippen molar-refractivity contribution < 1.29 is 17.7 Å². The quantitative estimate of drug-likeness (QED) is 0.107. The fourth-order valence-electron chi connectivity index (χ4n) is 12.2. The third-order valence-electron chi connectivity index (χ3n) is 15.5. The van der Waals surface area contributed by atoms with E-state index < -0.39 is 16.1 Å². The number of thiophene rings is 4.